The predicted molar refractivity (Wildman–Crippen MR) is 145 cm³/mol. The van der Waals surface area contributed by atoms with Crippen molar-refractivity contribution in [3.8, 4) is 5.75 Å². The van der Waals surface area contributed by atoms with Gasteiger partial charge in [0.15, 0.2) is 6.20 Å². The first-order chi connectivity index (χ1) is 17.2. The summed E-state index contributed by atoms with van der Waals surface area (Å²) in [7, 11) is 1.65. The van der Waals surface area contributed by atoms with Gasteiger partial charge in [0.05, 0.1) is 24.8 Å². The normalized spacial score (nSPS) is 10.9. The molecule has 1 heterocycles. The van der Waals surface area contributed by atoms with Crippen LogP contribution in [0.5, 0.6) is 5.75 Å². The Hall–Kier alpha value is -3.31. The van der Waals surface area contributed by atoms with Gasteiger partial charge in [-0.3, -0.25) is 4.79 Å². The minimum absolute atomic E-state index is 0.0766. The minimum Gasteiger partial charge on any atom is -0.497 e. The Labute approximate surface area is 212 Å². The number of aryl methyl sites for hydroxylation is 1. The number of fused-ring (bicyclic) bond motifs is 1. The van der Waals surface area contributed by atoms with Gasteiger partial charge in [0.1, 0.15) is 12.3 Å². The number of carbonyl (C=O) groups excluding carboxylic acids is 1. The number of pyridine rings is 1. The molecule has 0 saturated carbocycles. The van der Waals surface area contributed by atoms with E-state index in [0.29, 0.717) is 12.3 Å². The second-order valence-electron chi connectivity index (χ2n) is 8.55. The lowest BCUT2D eigenvalue weighted by Gasteiger charge is -2.23. The fraction of sp³-hybridized carbons (Fsp3) is 0.267. The van der Waals surface area contributed by atoms with E-state index < -0.39 is 0 Å². The molecule has 3 aromatic carbocycles. The standard InChI is InChI=1S/C30H33N2O2S/c1-3-4-10-20-31-21-19-29(27-13-8-9-14-28(27)31)35-23-30(33)32(22-24-11-6-5-7-12-24)25-15-17-26(34-2)18-16-25/h5-9,11-19,21H,3-4,10,20,22-23H2,1-2H3/q+1. The lowest BCUT2D eigenvalue weighted by Crippen LogP contribution is -2.34. The molecular formula is C30H33N2O2S+. The van der Waals surface area contributed by atoms with E-state index in [1.807, 2.05) is 47.4 Å². The van der Waals surface area contributed by atoms with Gasteiger partial charge in [0, 0.05) is 29.1 Å². The van der Waals surface area contributed by atoms with Crippen molar-refractivity contribution >= 4 is 34.3 Å². The van der Waals surface area contributed by atoms with Gasteiger partial charge in [-0.1, -0.05) is 55.8 Å². The maximum atomic E-state index is 13.5. The van der Waals surface area contributed by atoms with Crippen LogP contribution in [0, 0.1) is 0 Å². The summed E-state index contributed by atoms with van der Waals surface area (Å²) >= 11 is 1.61. The van der Waals surface area contributed by atoms with E-state index in [1.54, 1.807) is 18.9 Å². The zero-order valence-corrected chi connectivity index (χ0v) is 21.3. The van der Waals surface area contributed by atoms with E-state index in [-0.39, 0.29) is 5.91 Å². The molecule has 0 aliphatic rings. The average Bonchev–Trinajstić information content (AvgIpc) is 2.91. The molecule has 0 unspecified atom stereocenters. The summed E-state index contributed by atoms with van der Waals surface area (Å²) in [6, 6.07) is 28.4. The highest BCUT2D eigenvalue weighted by molar-refractivity contribution is 8.00. The Bertz CT molecular complexity index is 1240. The summed E-state index contributed by atoms with van der Waals surface area (Å²) < 4.78 is 7.63. The molecule has 1 amide bonds. The van der Waals surface area contributed by atoms with Crippen LogP contribution in [0.25, 0.3) is 10.9 Å². The Morgan fingerprint density at radius 1 is 0.914 bits per heavy atom. The number of unbranched alkanes of at least 4 members (excludes halogenated alkanes) is 2. The van der Waals surface area contributed by atoms with Crippen molar-refractivity contribution in [2.24, 2.45) is 0 Å². The number of ether oxygens (including phenoxy) is 1. The number of anilines is 1. The Kier molecular flexibility index (Phi) is 8.79. The number of amides is 1. The molecule has 1 aromatic heterocycles. The van der Waals surface area contributed by atoms with Crippen molar-refractivity contribution in [1.82, 2.24) is 0 Å². The second-order valence-corrected chi connectivity index (χ2v) is 9.57. The number of carbonyl (C=O) groups is 1. The topological polar surface area (TPSA) is 33.4 Å². The first-order valence-electron chi connectivity index (χ1n) is 12.2. The number of thioether (sulfide) groups is 1. The maximum absolute atomic E-state index is 13.5. The van der Waals surface area contributed by atoms with E-state index in [1.165, 1.54) is 30.2 Å². The third-order valence-corrected chi connectivity index (χ3v) is 7.17. The van der Waals surface area contributed by atoms with Crippen LogP contribution in [0.2, 0.25) is 0 Å². The van der Waals surface area contributed by atoms with Crippen LogP contribution < -0.4 is 14.2 Å². The van der Waals surface area contributed by atoms with E-state index in [2.05, 4.69) is 60.2 Å². The van der Waals surface area contributed by atoms with E-state index in [0.717, 1.165) is 28.4 Å². The van der Waals surface area contributed by atoms with Crippen molar-refractivity contribution in [3.05, 3.63) is 96.7 Å². The van der Waals surface area contributed by atoms with E-state index >= 15 is 0 Å². The summed E-state index contributed by atoms with van der Waals surface area (Å²) in [6.45, 7) is 3.77. The summed E-state index contributed by atoms with van der Waals surface area (Å²) in [5.74, 6) is 1.22. The first kappa shape index (κ1) is 24.8. The van der Waals surface area contributed by atoms with E-state index in [4.69, 9.17) is 4.74 Å². The van der Waals surface area contributed by atoms with Crippen molar-refractivity contribution in [3.63, 3.8) is 0 Å². The summed E-state index contributed by atoms with van der Waals surface area (Å²) in [4.78, 5) is 16.5. The van der Waals surface area contributed by atoms with Gasteiger partial charge in [-0.2, -0.15) is 4.57 Å². The molecule has 0 aliphatic heterocycles. The molecule has 0 N–H and O–H groups in total. The molecule has 4 nitrogen and oxygen atoms in total. The van der Waals surface area contributed by atoms with Gasteiger partial charge in [-0.15, -0.1) is 11.8 Å². The minimum atomic E-state index is 0.0766. The second kappa shape index (κ2) is 12.4. The zero-order valence-electron chi connectivity index (χ0n) is 20.5. The number of methoxy groups -OCH3 is 1. The highest BCUT2D eigenvalue weighted by Gasteiger charge is 2.19. The molecule has 0 fully saturated rings. The van der Waals surface area contributed by atoms with Crippen LogP contribution >= 0.6 is 11.8 Å². The van der Waals surface area contributed by atoms with Gasteiger partial charge in [0.2, 0.25) is 11.4 Å². The van der Waals surface area contributed by atoms with Crippen LogP contribution in [0.15, 0.2) is 96.0 Å². The number of hydrogen-bond donors (Lipinski definition) is 0. The molecule has 180 valence electrons. The molecule has 35 heavy (non-hydrogen) atoms. The van der Waals surface area contributed by atoms with E-state index in [9.17, 15) is 4.79 Å². The quantitative estimate of drug-likeness (QED) is 0.135. The lowest BCUT2D eigenvalue weighted by atomic mass is 10.2. The molecule has 4 aromatic rings. The number of rotatable bonds is 11. The van der Waals surface area contributed by atoms with Crippen LogP contribution in [0.1, 0.15) is 31.7 Å². The monoisotopic (exact) mass is 485 g/mol. The van der Waals surface area contributed by atoms with Crippen LogP contribution in [0.4, 0.5) is 5.69 Å². The zero-order chi connectivity index (χ0) is 24.5. The smallest absolute Gasteiger partial charge is 0.237 e. The summed E-state index contributed by atoms with van der Waals surface area (Å²) in [6.07, 6.45) is 5.78. The van der Waals surface area contributed by atoms with Gasteiger partial charge < -0.3 is 9.64 Å². The van der Waals surface area contributed by atoms with Crippen LogP contribution in [-0.4, -0.2) is 18.8 Å². The van der Waals surface area contributed by atoms with Crippen molar-refractivity contribution in [2.45, 2.75) is 44.2 Å². The SMILES string of the molecule is CCCCC[n+]1ccc(SCC(=O)N(Cc2ccccc2)c2ccc(OC)cc2)c2ccccc21. The predicted octanol–water partition coefficient (Wildman–Crippen LogP) is 6.65. The highest BCUT2D eigenvalue weighted by atomic mass is 32.2. The molecular weight excluding hydrogens is 452 g/mol. The Morgan fingerprint density at radius 3 is 2.40 bits per heavy atom. The lowest BCUT2D eigenvalue weighted by molar-refractivity contribution is -0.672. The summed E-state index contributed by atoms with van der Waals surface area (Å²) in [5.41, 5.74) is 3.18. The van der Waals surface area contributed by atoms with Crippen LogP contribution in [-0.2, 0) is 17.9 Å². The fourth-order valence-electron chi connectivity index (χ4n) is 4.18. The van der Waals surface area contributed by atoms with Gasteiger partial charge in [0.25, 0.3) is 0 Å². The third-order valence-electron chi connectivity index (χ3n) is 6.11. The van der Waals surface area contributed by atoms with Crippen LogP contribution in [0.3, 0.4) is 0 Å². The third kappa shape index (κ3) is 6.43. The molecule has 0 aliphatic carbocycles. The maximum Gasteiger partial charge on any atom is 0.237 e. The summed E-state index contributed by atoms with van der Waals surface area (Å²) in [5, 5.41) is 1.20. The molecule has 4 rings (SSSR count). The van der Waals surface area contributed by atoms with Gasteiger partial charge in [-0.05, 0) is 42.3 Å². The number of nitrogens with zero attached hydrogens (tertiary/aromatic N) is 2. The number of aromatic nitrogens is 1. The van der Waals surface area contributed by atoms with Gasteiger partial charge >= 0.3 is 0 Å². The van der Waals surface area contributed by atoms with Crippen molar-refractivity contribution < 1.29 is 14.1 Å². The molecule has 5 heteroatoms. The largest absolute Gasteiger partial charge is 0.497 e. The number of benzene rings is 3. The number of para-hydroxylation sites is 1. The molecule has 0 bridgehead atoms. The average molecular weight is 486 g/mol. The van der Waals surface area contributed by atoms with Gasteiger partial charge in [-0.25, -0.2) is 0 Å². The Morgan fingerprint density at radius 2 is 1.66 bits per heavy atom. The number of hydrogen-bond acceptors (Lipinski definition) is 3. The Balaban J connectivity index is 1.54. The van der Waals surface area contributed by atoms with Crippen molar-refractivity contribution in [2.75, 3.05) is 17.8 Å². The molecule has 0 spiro atoms. The molecule has 0 radical (unpaired) electrons. The van der Waals surface area contributed by atoms with Crippen molar-refractivity contribution in [1.29, 1.82) is 0 Å². The first-order valence-corrected chi connectivity index (χ1v) is 13.2. The molecule has 0 atom stereocenters. The molecule has 0 saturated heterocycles. The fourth-order valence-corrected chi connectivity index (χ4v) is 5.10. The highest BCUT2D eigenvalue weighted by Crippen LogP contribution is 2.28.